The SMILES string of the molecule is CC1CCN(C(=O)c2n[nH]c3c2CNCC3)CC(C)C1.Cl. The maximum absolute atomic E-state index is 12.8. The zero-order valence-corrected chi connectivity index (χ0v) is 13.6. The van der Waals surface area contributed by atoms with E-state index in [9.17, 15) is 4.79 Å². The summed E-state index contributed by atoms with van der Waals surface area (Å²) in [6.07, 6.45) is 3.24. The monoisotopic (exact) mass is 312 g/mol. The highest BCUT2D eigenvalue weighted by molar-refractivity contribution is 5.94. The van der Waals surface area contributed by atoms with Crippen LogP contribution in [0.2, 0.25) is 0 Å². The first kappa shape index (κ1) is 16.3. The average Bonchev–Trinajstić information content (AvgIpc) is 2.78. The molecule has 0 bridgehead atoms. The van der Waals surface area contributed by atoms with Gasteiger partial charge in [-0.2, -0.15) is 5.10 Å². The lowest BCUT2D eigenvalue weighted by molar-refractivity contribution is 0.0737. The number of nitrogens with zero attached hydrogens (tertiary/aromatic N) is 2. The van der Waals surface area contributed by atoms with E-state index in [1.54, 1.807) is 0 Å². The lowest BCUT2D eigenvalue weighted by Crippen LogP contribution is -2.35. The van der Waals surface area contributed by atoms with Gasteiger partial charge in [-0.05, 0) is 24.7 Å². The maximum Gasteiger partial charge on any atom is 0.274 e. The molecule has 21 heavy (non-hydrogen) atoms. The van der Waals surface area contributed by atoms with Gasteiger partial charge in [0.2, 0.25) is 0 Å². The Kier molecular flexibility index (Phi) is 5.27. The van der Waals surface area contributed by atoms with Crippen LogP contribution in [-0.2, 0) is 13.0 Å². The van der Waals surface area contributed by atoms with Gasteiger partial charge >= 0.3 is 0 Å². The molecule has 6 heteroatoms. The number of aromatic nitrogens is 2. The number of H-pyrrole nitrogens is 1. The summed E-state index contributed by atoms with van der Waals surface area (Å²) in [5, 5.41) is 10.7. The Balaban J connectivity index is 0.00000161. The highest BCUT2D eigenvalue weighted by Crippen LogP contribution is 2.24. The minimum atomic E-state index is 0. The molecular formula is C15H25ClN4O. The molecule has 0 aliphatic carbocycles. The Morgan fingerprint density at radius 2 is 2.14 bits per heavy atom. The average molecular weight is 313 g/mol. The third kappa shape index (κ3) is 3.40. The number of hydrogen-bond acceptors (Lipinski definition) is 3. The van der Waals surface area contributed by atoms with Gasteiger partial charge in [0.15, 0.2) is 5.69 Å². The lowest BCUT2D eigenvalue weighted by atomic mass is 9.97. The fourth-order valence-corrected chi connectivity index (χ4v) is 3.46. The Hall–Kier alpha value is -1.07. The summed E-state index contributed by atoms with van der Waals surface area (Å²) in [5.41, 5.74) is 2.84. The molecule has 0 spiro atoms. The fraction of sp³-hybridized carbons (Fsp3) is 0.733. The van der Waals surface area contributed by atoms with Crippen LogP contribution in [0.15, 0.2) is 0 Å². The summed E-state index contributed by atoms with van der Waals surface area (Å²) >= 11 is 0. The number of nitrogens with one attached hydrogen (secondary N) is 2. The molecule has 3 rings (SSSR count). The van der Waals surface area contributed by atoms with E-state index in [2.05, 4.69) is 29.4 Å². The van der Waals surface area contributed by atoms with Gasteiger partial charge < -0.3 is 10.2 Å². The van der Waals surface area contributed by atoms with Gasteiger partial charge in [-0.15, -0.1) is 12.4 Å². The molecule has 5 nitrogen and oxygen atoms in total. The molecule has 2 aliphatic heterocycles. The number of aromatic amines is 1. The molecule has 1 amide bonds. The quantitative estimate of drug-likeness (QED) is 0.833. The molecule has 0 aromatic carbocycles. The molecule has 1 fully saturated rings. The summed E-state index contributed by atoms with van der Waals surface area (Å²) in [4.78, 5) is 14.8. The lowest BCUT2D eigenvalue weighted by Gasteiger charge is -2.23. The first-order valence-electron chi connectivity index (χ1n) is 7.71. The summed E-state index contributed by atoms with van der Waals surface area (Å²) < 4.78 is 0. The Labute approximate surface area is 132 Å². The number of halogens is 1. The van der Waals surface area contributed by atoms with E-state index >= 15 is 0 Å². The number of rotatable bonds is 1. The molecule has 118 valence electrons. The smallest absolute Gasteiger partial charge is 0.274 e. The van der Waals surface area contributed by atoms with Crippen LogP contribution in [0.25, 0.3) is 0 Å². The van der Waals surface area contributed by atoms with Crippen LogP contribution in [0.5, 0.6) is 0 Å². The topological polar surface area (TPSA) is 61.0 Å². The van der Waals surface area contributed by atoms with Crippen molar-refractivity contribution in [2.24, 2.45) is 11.8 Å². The number of amides is 1. The van der Waals surface area contributed by atoms with Gasteiger partial charge in [0, 0.05) is 43.9 Å². The number of carbonyl (C=O) groups is 1. The molecule has 1 saturated heterocycles. The Morgan fingerprint density at radius 1 is 1.33 bits per heavy atom. The van der Waals surface area contributed by atoms with Crippen molar-refractivity contribution in [2.75, 3.05) is 19.6 Å². The van der Waals surface area contributed by atoms with Gasteiger partial charge in [-0.3, -0.25) is 9.89 Å². The van der Waals surface area contributed by atoms with Crippen molar-refractivity contribution in [3.63, 3.8) is 0 Å². The minimum Gasteiger partial charge on any atom is -0.337 e. The number of fused-ring (bicyclic) bond motifs is 1. The summed E-state index contributed by atoms with van der Waals surface area (Å²) in [6.45, 7) is 7.96. The third-order valence-corrected chi connectivity index (χ3v) is 4.52. The second kappa shape index (κ2) is 6.79. The van der Waals surface area contributed by atoms with Gasteiger partial charge in [0.25, 0.3) is 5.91 Å². The van der Waals surface area contributed by atoms with Crippen LogP contribution in [-0.4, -0.2) is 40.6 Å². The van der Waals surface area contributed by atoms with Crippen LogP contribution >= 0.6 is 12.4 Å². The standard InChI is InChI=1S/C15H24N4O.ClH/c1-10-4-6-19(9-11(2)7-10)15(20)14-12-8-16-5-3-13(12)17-18-14;/h10-11,16H,3-9H2,1-2H3,(H,17,18);1H. The van der Waals surface area contributed by atoms with Crippen molar-refractivity contribution in [1.82, 2.24) is 20.4 Å². The van der Waals surface area contributed by atoms with E-state index in [0.29, 0.717) is 17.5 Å². The summed E-state index contributed by atoms with van der Waals surface area (Å²) in [6, 6.07) is 0. The number of likely N-dealkylation sites (tertiary alicyclic amines) is 1. The minimum absolute atomic E-state index is 0. The Bertz CT molecular complexity index is 502. The molecule has 0 radical (unpaired) electrons. The van der Waals surface area contributed by atoms with Crippen molar-refractivity contribution in [2.45, 2.75) is 39.7 Å². The largest absolute Gasteiger partial charge is 0.337 e. The molecule has 2 aliphatic rings. The molecule has 2 N–H and O–H groups in total. The van der Waals surface area contributed by atoms with Crippen molar-refractivity contribution >= 4 is 18.3 Å². The maximum atomic E-state index is 12.8. The molecule has 2 atom stereocenters. The van der Waals surface area contributed by atoms with Crippen LogP contribution in [0.1, 0.15) is 48.4 Å². The third-order valence-electron chi connectivity index (χ3n) is 4.52. The van der Waals surface area contributed by atoms with Gasteiger partial charge in [0.1, 0.15) is 0 Å². The fourth-order valence-electron chi connectivity index (χ4n) is 3.46. The summed E-state index contributed by atoms with van der Waals surface area (Å²) in [5.74, 6) is 1.38. The zero-order valence-electron chi connectivity index (χ0n) is 12.8. The highest BCUT2D eigenvalue weighted by Gasteiger charge is 2.28. The van der Waals surface area contributed by atoms with Gasteiger partial charge in [-0.1, -0.05) is 13.8 Å². The van der Waals surface area contributed by atoms with Crippen LogP contribution < -0.4 is 5.32 Å². The van der Waals surface area contributed by atoms with Crippen molar-refractivity contribution in [3.05, 3.63) is 17.0 Å². The van der Waals surface area contributed by atoms with Gasteiger partial charge in [-0.25, -0.2) is 0 Å². The van der Waals surface area contributed by atoms with E-state index in [1.807, 2.05) is 4.90 Å². The van der Waals surface area contributed by atoms with E-state index in [4.69, 9.17) is 0 Å². The second-order valence-corrected chi connectivity index (χ2v) is 6.44. The van der Waals surface area contributed by atoms with E-state index in [1.165, 1.54) is 6.42 Å². The van der Waals surface area contributed by atoms with E-state index < -0.39 is 0 Å². The first-order chi connectivity index (χ1) is 9.65. The van der Waals surface area contributed by atoms with Crippen LogP contribution in [0, 0.1) is 11.8 Å². The Morgan fingerprint density at radius 3 is 2.95 bits per heavy atom. The second-order valence-electron chi connectivity index (χ2n) is 6.44. The van der Waals surface area contributed by atoms with Gasteiger partial charge in [0.05, 0.1) is 0 Å². The van der Waals surface area contributed by atoms with E-state index in [-0.39, 0.29) is 18.3 Å². The van der Waals surface area contributed by atoms with E-state index in [0.717, 1.165) is 50.3 Å². The number of hydrogen-bond donors (Lipinski definition) is 2. The summed E-state index contributed by atoms with van der Waals surface area (Å²) in [7, 11) is 0. The highest BCUT2D eigenvalue weighted by atomic mass is 35.5. The van der Waals surface area contributed by atoms with Crippen LogP contribution in [0.4, 0.5) is 0 Å². The van der Waals surface area contributed by atoms with Crippen molar-refractivity contribution < 1.29 is 4.79 Å². The molecule has 1 aromatic heterocycles. The predicted octanol–water partition coefficient (Wildman–Crippen LogP) is 1.99. The molecule has 3 heterocycles. The zero-order chi connectivity index (χ0) is 14.1. The predicted molar refractivity (Wildman–Crippen MR) is 84.7 cm³/mol. The molecular weight excluding hydrogens is 288 g/mol. The number of carbonyl (C=O) groups excluding carboxylic acids is 1. The van der Waals surface area contributed by atoms with Crippen molar-refractivity contribution in [3.8, 4) is 0 Å². The molecule has 0 saturated carbocycles. The molecule has 1 aromatic rings. The first-order valence-corrected chi connectivity index (χ1v) is 7.71. The normalized spacial score (nSPS) is 25.7. The van der Waals surface area contributed by atoms with Crippen molar-refractivity contribution in [1.29, 1.82) is 0 Å². The molecule has 2 unspecified atom stereocenters. The van der Waals surface area contributed by atoms with Crippen LogP contribution in [0.3, 0.4) is 0 Å².